The molecule has 1 aromatic rings. The van der Waals surface area contributed by atoms with Crippen molar-refractivity contribution in [2.75, 3.05) is 44.8 Å². The zero-order valence-electron chi connectivity index (χ0n) is 15.3. The Bertz CT molecular complexity index is 467. The van der Waals surface area contributed by atoms with Crippen molar-refractivity contribution in [1.82, 2.24) is 10.6 Å². The molecule has 1 fully saturated rings. The number of ether oxygens (including phenoxy) is 1. The van der Waals surface area contributed by atoms with Crippen molar-refractivity contribution in [3.63, 3.8) is 0 Å². The van der Waals surface area contributed by atoms with E-state index in [1.165, 1.54) is 5.00 Å². The number of piperidine rings is 1. The SMILES string of the molecule is CN=C(NCCOCCC(C)C)NC1CCN(c2cccs2)CC1. The molecule has 2 N–H and O–H groups in total. The lowest BCUT2D eigenvalue weighted by Crippen LogP contribution is -2.49. The van der Waals surface area contributed by atoms with E-state index >= 15 is 0 Å². The summed E-state index contributed by atoms with van der Waals surface area (Å²) in [5, 5.41) is 10.4. The van der Waals surface area contributed by atoms with Crippen molar-refractivity contribution in [1.29, 1.82) is 0 Å². The number of guanidine groups is 1. The lowest BCUT2D eigenvalue weighted by Gasteiger charge is -2.33. The molecule has 2 heterocycles. The molecule has 1 aromatic heterocycles. The smallest absolute Gasteiger partial charge is 0.191 e. The first-order chi connectivity index (χ1) is 11.7. The molecule has 136 valence electrons. The van der Waals surface area contributed by atoms with Gasteiger partial charge in [0, 0.05) is 39.3 Å². The number of hydrogen-bond donors (Lipinski definition) is 2. The first kappa shape index (κ1) is 19.1. The summed E-state index contributed by atoms with van der Waals surface area (Å²) in [5.41, 5.74) is 0. The molecular formula is C18H32N4OS. The van der Waals surface area contributed by atoms with Crippen molar-refractivity contribution in [2.24, 2.45) is 10.9 Å². The summed E-state index contributed by atoms with van der Waals surface area (Å²) in [6.45, 7) is 9.01. The quantitative estimate of drug-likeness (QED) is 0.429. The third-order valence-corrected chi connectivity index (χ3v) is 5.18. The highest BCUT2D eigenvalue weighted by molar-refractivity contribution is 7.14. The highest BCUT2D eigenvalue weighted by Crippen LogP contribution is 2.24. The maximum absolute atomic E-state index is 5.63. The second-order valence-corrected chi connectivity index (χ2v) is 7.58. The number of nitrogens with one attached hydrogen (secondary N) is 2. The molecule has 1 aliphatic heterocycles. The molecule has 1 aliphatic rings. The number of aliphatic imine (C=N–C) groups is 1. The highest BCUT2D eigenvalue weighted by atomic mass is 32.1. The number of anilines is 1. The molecule has 0 saturated carbocycles. The van der Waals surface area contributed by atoms with E-state index in [0.717, 1.165) is 58.1 Å². The largest absolute Gasteiger partial charge is 0.380 e. The van der Waals surface area contributed by atoms with E-state index in [1.54, 1.807) is 0 Å². The van der Waals surface area contributed by atoms with Crippen LogP contribution in [0.2, 0.25) is 0 Å². The van der Waals surface area contributed by atoms with Gasteiger partial charge in [0.25, 0.3) is 0 Å². The lowest BCUT2D eigenvalue weighted by atomic mass is 10.1. The van der Waals surface area contributed by atoms with Crippen molar-refractivity contribution < 1.29 is 4.74 Å². The average Bonchev–Trinajstić information content (AvgIpc) is 3.11. The number of thiophene rings is 1. The Balaban J connectivity index is 1.60. The average molecular weight is 353 g/mol. The summed E-state index contributed by atoms with van der Waals surface area (Å²) in [7, 11) is 1.83. The van der Waals surface area contributed by atoms with Crippen LogP contribution in [0.5, 0.6) is 0 Å². The van der Waals surface area contributed by atoms with Crippen LogP contribution in [0, 0.1) is 5.92 Å². The Hall–Kier alpha value is -1.27. The van der Waals surface area contributed by atoms with Crippen LogP contribution in [-0.2, 0) is 4.74 Å². The van der Waals surface area contributed by atoms with Gasteiger partial charge in [-0.05, 0) is 42.7 Å². The van der Waals surface area contributed by atoms with Gasteiger partial charge >= 0.3 is 0 Å². The van der Waals surface area contributed by atoms with Gasteiger partial charge in [0.2, 0.25) is 0 Å². The van der Waals surface area contributed by atoms with Crippen LogP contribution in [0.15, 0.2) is 22.5 Å². The first-order valence-corrected chi connectivity index (χ1v) is 9.90. The zero-order chi connectivity index (χ0) is 17.2. The van der Waals surface area contributed by atoms with Gasteiger partial charge in [0.1, 0.15) is 0 Å². The standard InChI is InChI=1S/C18H32N4OS/c1-15(2)8-12-23-13-9-20-18(19-3)21-16-6-10-22(11-7-16)17-5-4-14-24-17/h4-5,14-16H,6-13H2,1-3H3,(H2,19,20,21). The predicted molar refractivity (Wildman–Crippen MR) is 104 cm³/mol. The summed E-state index contributed by atoms with van der Waals surface area (Å²) in [4.78, 5) is 6.80. The molecule has 6 heteroatoms. The summed E-state index contributed by atoms with van der Waals surface area (Å²) < 4.78 is 5.63. The molecule has 0 radical (unpaired) electrons. The van der Waals surface area contributed by atoms with E-state index < -0.39 is 0 Å². The fourth-order valence-electron chi connectivity index (χ4n) is 2.74. The molecular weight excluding hydrogens is 320 g/mol. The highest BCUT2D eigenvalue weighted by Gasteiger charge is 2.20. The van der Waals surface area contributed by atoms with E-state index in [0.29, 0.717) is 12.0 Å². The van der Waals surface area contributed by atoms with Gasteiger partial charge < -0.3 is 20.3 Å². The van der Waals surface area contributed by atoms with Crippen LogP contribution >= 0.6 is 11.3 Å². The van der Waals surface area contributed by atoms with Gasteiger partial charge in [-0.3, -0.25) is 4.99 Å². The van der Waals surface area contributed by atoms with Crippen LogP contribution in [0.25, 0.3) is 0 Å². The molecule has 0 atom stereocenters. The Morgan fingerprint density at radius 1 is 1.38 bits per heavy atom. The molecule has 0 unspecified atom stereocenters. The van der Waals surface area contributed by atoms with Crippen molar-refractivity contribution in [3.05, 3.63) is 17.5 Å². The third kappa shape index (κ3) is 6.69. The van der Waals surface area contributed by atoms with Crippen LogP contribution in [-0.4, -0.2) is 51.9 Å². The number of rotatable bonds is 8. The molecule has 5 nitrogen and oxygen atoms in total. The second kappa shape index (κ2) is 10.6. The van der Waals surface area contributed by atoms with Crippen LogP contribution in [0.4, 0.5) is 5.00 Å². The zero-order valence-corrected chi connectivity index (χ0v) is 16.1. The maximum atomic E-state index is 5.63. The fourth-order valence-corrected chi connectivity index (χ4v) is 3.53. The lowest BCUT2D eigenvalue weighted by molar-refractivity contribution is 0.128. The second-order valence-electron chi connectivity index (χ2n) is 6.65. The van der Waals surface area contributed by atoms with Gasteiger partial charge in [-0.25, -0.2) is 0 Å². The van der Waals surface area contributed by atoms with E-state index in [1.807, 2.05) is 18.4 Å². The molecule has 2 rings (SSSR count). The molecule has 0 amide bonds. The van der Waals surface area contributed by atoms with Gasteiger partial charge in [-0.2, -0.15) is 0 Å². The van der Waals surface area contributed by atoms with Crippen LogP contribution in [0.3, 0.4) is 0 Å². The molecule has 0 bridgehead atoms. The van der Waals surface area contributed by atoms with Crippen LogP contribution in [0.1, 0.15) is 33.1 Å². The van der Waals surface area contributed by atoms with Crippen molar-refractivity contribution in [3.8, 4) is 0 Å². The topological polar surface area (TPSA) is 48.9 Å². The molecule has 24 heavy (non-hydrogen) atoms. The summed E-state index contributed by atoms with van der Waals surface area (Å²) in [5.74, 6) is 1.59. The van der Waals surface area contributed by atoms with E-state index in [4.69, 9.17) is 4.74 Å². The minimum atomic E-state index is 0.495. The van der Waals surface area contributed by atoms with Crippen LogP contribution < -0.4 is 15.5 Å². The van der Waals surface area contributed by atoms with E-state index in [-0.39, 0.29) is 0 Å². The minimum absolute atomic E-state index is 0.495. The van der Waals surface area contributed by atoms with E-state index in [2.05, 4.69) is 51.9 Å². The van der Waals surface area contributed by atoms with Crippen molar-refractivity contribution >= 4 is 22.3 Å². The summed E-state index contributed by atoms with van der Waals surface area (Å²) in [6.07, 6.45) is 3.41. The third-order valence-electron chi connectivity index (χ3n) is 4.26. The Kier molecular flexibility index (Phi) is 8.39. The molecule has 0 aromatic carbocycles. The van der Waals surface area contributed by atoms with Gasteiger partial charge in [0.15, 0.2) is 5.96 Å². The van der Waals surface area contributed by atoms with Gasteiger partial charge in [0.05, 0.1) is 11.6 Å². The maximum Gasteiger partial charge on any atom is 0.191 e. The summed E-state index contributed by atoms with van der Waals surface area (Å²) >= 11 is 1.82. The Morgan fingerprint density at radius 2 is 2.17 bits per heavy atom. The van der Waals surface area contributed by atoms with E-state index in [9.17, 15) is 0 Å². The molecule has 0 aliphatic carbocycles. The van der Waals surface area contributed by atoms with Gasteiger partial charge in [-0.1, -0.05) is 13.8 Å². The first-order valence-electron chi connectivity index (χ1n) is 9.02. The Morgan fingerprint density at radius 3 is 2.79 bits per heavy atom. The van der Waals surface area contributed by atoms with Crippen molar-refractivity contribution in [2.45, 2.75) is 39.2 Å². The molecule has 1 saturated heterocycles. The fraction of sp³-hybridized carbons (Fsp3) is 0.722. The monoisotopic (exact) mass is 352 g/mol. The number of nitrogens with zero attached hydrogens (tertiary/aromatic N) is 2. The number of hydrogen-bond acceptors (Lipinski definition) is 4. The predicted octanol–water partition coefficient (Wildman–Crippen LogP) is 2.94. The Labute approximate surface area is 150 Å². The van der Waals surface area contributed by atoms with Gasteiger partial charge in [-0.15, -0.1) is 11.3 Å². The normalized spacial score (nSPS) is 16.7. The summed E-state index contributed by atoms with van der Waals surface area (Å²) in [6, 6.07) is 4.83. The molecule has 0 spiro atoms. The minimum Gasteiger partial charge on any atom is -0.380 e.